The SMILES string of the molecule is CN(C(=O)c1cc(C2CC2)[nH]n1)C1CC2CCC(C1)N2.Cl. The normalized spacial score (nSPS) is 30.8. The van der Waals surface area contributed by atoms with E-state index < -0.39 is 0 Å². The number of nitrogens with one attached hydrogen (secondary N) is 2. The van der Waals surface area contributed by atoms with Crippen LogP contribution >= 0.6 is 12.4 Å². The molecule has 0 aromatic carbocycles. The molecule has 2 unspecified atom stereocenters. The zero-order chi connectivity index (χ0) is 13.7. The quantitative estimate of drug-likeness (QED) is 0.898. The van der Waals surface area contributed by atoms with Crippen molar-refractivity contribution in [3.8, 4) is 0 Å². The highest BCUT2D eigenvalue weighted by atomic mass is 35.5. The first-order chi connectivity index (χ1) is 9.70. The Morgan fingerprint density at radius 2 is 1.90 bits per heavy atom. The number of carbonyl (C=O) groups excluding carboxylic acids is 1. The Morgan fingerprint density at radius 3 is 2.52 bits per heavy atom. The summed E-state index contributed by atoms with van der Waals surface area (Å²) in [4.78, 5) is 14.5. The van der Waals surface area contributed by atoms with Crippen LogP contribution in [0.15, 0.2) is 6.07 Å². The van der Waals surface area contributed by atoms with Crippen molar-refractivity contribution in [2.24, 2.45) is 0 Å². The van der Waals surface area contributed by atoms with Crippen LogP contribution in [0.25, 0.3) is 0 Å². The highest BCUT2D eigenvalue weighted by Gasteiger charge is 2.37. The fourth-order valence-corrected chi connectivity index (χ4v) is 3.74. The number of aromatic amines is 1. The number of H-pyrrole nitrogens is 1. The van der Waals surface area contributed by atoms with Crippen LogP contribution in [0.1, 0.15) is 60.6 Å². The minimum absolute atomic E-state index is 0. The maximum atomic E-state index is 12.6. The van der Waals surface area contributed by atoms with Gasteiger partial charge < -0.3 is 10.2 Å². The van der Waals surface area contributed by atoms with E-state index in [2.05, 4.69) is 15.5 Å². The van der Waals surface area contributed by atoms with Gasteiger partial charge in [0.15, 0.2) is 0 Å². The predicted molar refractivity (Wildman–Crippen MR) is 82.9 cm³/mol. The van der Waals surface area contributed by atoms with Crippen molar-refractivity contribution in [3.63, 3.8) is 0 Å². The van der Waals surface area contributed by atoms with Crippen molar-refractivity contribution in [2.45, 2.75) is 62.6 Å². The van der Waals surface area contributed by atoms with Gasteiger partial charge in [-0.2, -0.15) is 5.10 Å². The summed E-state index contributed by atoms with van der Waals surface area (Å²) in [5.41, 5.74) is 1.72. The van der Waals surface area contributed by atoms with Crippen molar-refractivity contribution in [1.82, 2.24) is 20.4 Å². The first kappa shape index (κ1) is 14.9. The zero-order valence-corrected chi connectivity index (χ0v) is 13.2. The highest BCUT2D eigenvalue weighted by Crippen LogP contribution is 2.39. The number of carbonyl (C=O) groups is 1. The van der Waals surface area contributed by atoms with E-state index in [1.54, 1.807) is 0 Å². The van der Waals surface area contributed by atoms with Crippen molar-refractivity contribution in [2.75, 3.05) is 7.05 Å². The van der Waals surface area contributed by atoms with Gasteiger partial charge >= 0.3 is 0 Å². The molecule has 4 rings (SSSR count). The molecule has 1 aliphatic carbocycles. The second kappa shape index (κ2) is 5.61. The summed E-state index contributed by atoms with van der Waals surface area (Å²) in [6, 6.07) is 3.53. The minimum Gasteiger partial charge on any atom is -0.337 e. The molecule has 2 N–H and O–H groups in total. The Labute approximate surface area is 131 Å². The molecule has 2 bridgehead atoms. The topological polar surface area (TPSA) is 61.0 Å². The van der Waals surface area contributed by atoms with Crippen LogP contribution in [0.5, 0.6) is 0 Å². The Hall–Kier alpha value is -1.07. The summed E-state index contributed by atoms with van der Waals surface area (Å²) in [6.45, 7) is 0. The lowest BCUT2D eigenvalue weighted by Gasteiger charge is -2.35. The van der Waals surface area contributed by atoms with Crippen molar-refractivity contribution in [3.05, 3.63) is 17.5 Å². The fraction of sp³-hybridized carbons (Fsp3) is 0.733. The van der Waals surface area contributed by atoms with Gasteiger partial charge in [0.1, 0.15) is 5.69 Å². The fourth-order valence-electron chi connectivity index (χ4n) is 3.74. The zero-order valence-electron chi connectivity index (χ0n) is 12.3. The van der Waals surface area contributed by atoms with Crippen LogP contribution < -0.4 is 5.32 Å². The molecule has 1 saturated carbocycles. The third kappa shape index (κ3) is 2.81. The maximum absolute atomic E-state index is 12.6. The summed E-state index contributed by atoms with van der Waals surface area (Å²) < 4.78 is 0. The van der Waals surface area contributed by atoms with Gasteiger partial charge in [-0.15, -0.1) is 12.4 Å². The molecule has 0 spiro atoms. The average Bonchev–Trinajstić information content (AvgIpc) is 3.11. The average molecular weight is 311 g/mol. The number of rotatable bonds is 3. The lowest BCUT2D eigenvalue weighted by atomic mass is 9.98. The third-order valence-electron chi connectivity index (χ3n) is 5.15. The molecular formula is C15H23ClN4O. The summed E-state index contributed by atoms with van der Waals surface area (Å²) in [7, 11) is 1.93. The number of hydrogen-bond donors (Lipinski definition) is 2. The number of halogens is 1. The second-order valence-electron chi connectivity index (χ2n) is 6.66. The van der Waals surface area contributed by atoms with E-state index in [4.69, 9.17) is 0 Å². The Morgan fingerprint density at radius 1 is 1.24 bits per heavy atom. The van der Waals surface area contributed by atoms with Gasteiger partial charge in [-0.3, -0.25) is 9.89 Å². The van der Waals surface area contributed by atoms with Crippen LogP contribution in [-0.2, 0) is 0 Å². The summed E-state index contributed by atoms with van der Waals surface area (Å²) >= 11 is 0. The molecule has 3 fully saturated rings. The number of hydrogen-bond acceptors (Lipinski definition) is 3. The molecule has 0 radical (unpaired) electrons. The van der Waals surface area contributed by atoms with Crippen molar-refractivity contribution in [1.29, 1.82) is 0 Å². The van der Waals surface area contributed by atoms with Gasteiger partial charge in [0.05, 0.1) is 0 Å². The van der Waals surface area contributed by atoms with Gasteiger partial charge in [-0.05, 0) is 44.6 Å². The molecule has 1 aromatic rings. The molecule has 2 atom stereocenters. The minimum atomic E-state index is 0. The van der Waals surface area contributed by atoms with Crippen LogP contribution in [0, 0.1) is 0 Å². The Balaban J connectivity index is 0.00000132. The molecule has 1 aromatic heterocycles. The molecule has 116 valence electrons. The number of amides is 1. The third-order valence-corrected chi connectivity index (χ3v) is 5.15. The molecule has 3 aliphatic rings. The highest BCUT2D eigenvalue weighted by molar-refractivity contribution is 5.92. The van der Waals surface area contributed by atoms with Crippen LogP contribution in [-0.4, -0.2) is 46.2 Å². The number of aromatic nitrogens is 2. The molecular weight excluding hydrogens is 288 g/mol. The summed E-state index contributed by atoms with van der Waals surface area (Å²) in [6.07, 6.45) is 7.14. The summed E-state index contributed by atoms with van der Waals surface area (Å²) in [5.74, 6) is 0.684. The molecule has 21 heavy (non-hydrogen) atoms. The number of piperidine rings is 1. The lowest BCUT2D eigenvalue weighted by Crippen LogP contribution is -2.48. The van der Waals surface area contributed by atoms with E-state index in [1.807, 2.05) is 18.0 Å². The van der Waals surface area contributed by atoms with E-state index in [-0.39, 0.29) is 18.3 Å². The van der Waals surface area contributed by atoms with Gasteiger partial charge in [-0.1, -0.05) is 0 Å². The predicted octanol–water partition coefficient (Wildman–Crippen LogP) is 2.06. The van der Waals surface area contributed by atoms with Crippen LogP contribution in [0.4, 0.5) is 0 Å². The molecule has 3 heterocycles. The van der Waals surface area contributed by atoms with Gasteiger partial charge in [-0.25, -0.2) is 0 Å². The Kier molecular flexibility index (Phi) is 3.97. The van der Waals surface area contributed by atoms with Crippen molar-refractivity contribution < 1.29 is 4.79 Å². The largest absolute Gasteiger partial charge is 0.337 e. The lowest BCUT2D eigenvalue weighted by molar-refractivity contribution is 0.0675. The van der Waals surface area contributed by atoms with Crippen LogP contribution in [0.3, 0.4) is 0 Å². The Bertz CT molecular complexity index is 515. The second-order valence-corrected chi connectivity index (χ2v) is 6.66. The smallest absolute Gasteiger partial charge is 0.274 e. The maximum Gasteiger partial charge on any atom is 0.274 e. The molecule has 2 saturated heterocycles. The van der Waals surface area contributed by atoms with E-state index in [9.17, 15) is 4.79 Å². The van der Waals surface area contributed by atoms with E-state index in [0.717, 1.165) is 18.5 Å². The number of fused-ring (bicyclic) bond motifs is 2. The van der Waals surface area contributed by atoms with Crippen molar-refractivity contribution >= 4 is 18.3 Å². The van der Waals surface area contributed by atoms with E-state index in [0.29, 0.717) is 29.7 Å². The van der Waals surface area contributed by atoms with Crippen LogP contribution in [0.2, 0.25) is 0 Å². The van der Waals surface area contributed by atoms with E-state index >= 15 is 0 Å². The molecule has 5 nitrogen and oxygen atoms in total. The first-order valence-electron chi connectivity index (χ1n) is 7.79. The van der Waals surface area contributed by atoms with Gasteiger partial charge in [0, 0.05) is 36.8 Å². The van der Waals surface area contributed by atoms with Gasteiger partial charge in [0.2, 0.25) is 0 Å². The monoisotopic (exact) mass is 310 g/mol. The standard InChI is InChI=1S/C15H22N4O.ClH/c1-19(12-6-10-4-5-11(7-12)16-10)15(20)14-8-13(17-18-14)9-2-3-9;/h8-12,16H,2-7H2,1H3,(H,17,18);1H. The van der Waals surface area contributed by atoms with Gasteiger partial charge in [0.25, 0.3) is 5.91 Å². The van der Waals surface area contributed by atoms with E-state index in [1.165, 1.54) is 25.7 Å². The molecule has 2 aliphatic heterocycles. The summed E-state index contributed by atoms with van der Waals surface area (Å²) in [5, 5.41) is 10.9. The first-order valence-corrected chi connectivity index (χ1v) is 7.79. The number of nitrogens with zero attached hydrogens (tertiary/aromatic N) is 2. The molecule has 1 amide bonds. The molecule has 6 heteroatoms.